The van der Waals surface area contributed by atoms with Crippen molar-refractivity contribution in [3.63, 3.8) is 0 Å². The Labute approximate surface area is 59.7 Å². The number of phosphoric acid groups is 1. The Bertz CT molecular complexity index is 57.8. The Morgan fingerprint density at radius 3 is 1.14 bits per heavy atom. The van der Waals surface area contributed by atoms with Gasteiger partial charge in [-0.15, -0.1) is 0 Å². The van der Waals surface area contributed by atoms with Crippen LogP contribution >= 0.6 is 7.82 Å². The predicted molar refractivity (Wildman–Crippen MR) is 19.3 cm³/mol. The summed E-state index contributed by atoms with van der Waals surface area (Å²) in [7, 11) is -4.64. The van der Waals surface area contributed by atoms with Crippen LogP contribution in [0.4, 0.5) is 0 Å². The van der Waals surface area contributed by atoms with Crippen molar-refractivity contribution in [2.75, 3.05) is 0 Å². The maximum Gasteiger partial charge on any atom is 0.466 e. The van der Waals surface area contributed by atoms with Crippen LogP contribution in [0.3, 0.4) is 0 Å². The third kappa shape index (κ3) is 188. The Hall–Kier alpha value is 0.953. The number of hydrogen-bond donors (Lipinski definition) is 4. The van der Waals surface area contributed by atoms with Crippen molar-refractivity contribution in [2.24, 2.45) is 0 Å². The predicted octanol–water partition coefficient (Wildman–Crippen LogP) is -0.769. The van der Waals surface area contributed by atoms with E-state index < -0.39 is 7.82 Å². The molecule has 6 N–H and O–H groups in total. The second-order valence-corrected chi connectivity index (χ2v) is 1.54. The van der Waals surface area contributed by atoms with E-state index in [1.165, 1.54) is 0 Å². The molecule has 0 rings (SSSR count). The summed E-state index contributed by atoms with van der Waals surface area (Å²) >= 11 is 0. The molecule has 0 aromatic carbocycles. The molecule has 0 amide bonds. The third-order valence-electron chi connectivity index (χ3n) is 0. The Balaban J connectivity index is -0.0000000800. The summed E-state index contributed by atoms with van der Waals surface area (Å²) in [5.74, 6) is 0. The summed E-state index contributed by atoms with van der Waals surface area (Å²) in [5.41, 5.74) is 0. The van der Waals surface area contributed by atoms with E-state index in [0.29, 0.717) is 0 Å². The maximum absolute atomic E-state index is 8.88. The fraction of sp³-hybridized carbons (Fsp3) is 0. The molecule has 0 spiro atoms. The molecule has 0 aromatic rings. The molecule has 0 radical (unpaired) electrons. The van der Waals surface area contributed by atoms with Gasteiger partial charge in [-0.25, -0.2) is 4.57 Å². The maximum atomic E-state index is 8.88. The molecule has 7 heavy (non-hydrogen) atoms. The Morgan fingerprint density at radius 2 is 1.14 bits per heavy atom. The van der Waals surface area contributed by atoms with Crippen molar-refractivity contribution < 1.29 is 45.4 Å². The molecule has 0 heterocycles. The topological polar surface area (TPSA) is 113 Å². The molecule has 0 bridgehead atoms. The van der Waals surface area contributed by atoms with Crippen molar-refractivity contribution in [3.05, 3.63) is 0 Å². The first-order chi connectivity index (χ1) is 2.00. The van der Waals surface area contributed by atoms with E-state index in [2.05, 4.69) is 0 Å². The molecule has 0 atom stereocenters. The molecule has 0 aromatic heterocycles. The Morgan fingerprint density at radius 1 is 1.14 bits per heavy atom. The van der Waals surface area contributed by atoms with Crippen LogP contribution in [-0.4, -0.2) is 14.7 Å². The van der Waals surface area contributed by atoms with Crippen molar-refractivity contribution in [2.45, 2.75) is 0 Å². The van der Waals surface area contributed by atoms with E-state index in [4.69, 9.17) is 19.2 Å². The van der Waals surface area contributed by atoms with Crippen LogP contribution < -0.4 is 6.15 Å². The zero-order valence-electron chi connectivity index (χ0n) is 3.40. The minimum absolute atomic E-state index is 0. The molecule has 44 valence electrons. The first kappa shape index (κ1) is 15.7. The largest absolute Gasteiger partial charge is 0.466 e. The van der Waals surface area contributed by atoms with Crippen LogP contribution in [0.25, 0.3) is 0 Å². The van der Waals surface area contributed by atoms with Gasteiger partial charge in [0.05, 0.1) is 0 Å². The Kier molecular flexibility index (Phi) is 11.4. The molecule has 0 aliphatic heterocycles. The van der Waals surface area contributed by atoms with Gasteiger partial charge in [0.2, 0.25) is 0 Å². The average molecular weight is 206 g/mol. The minimum atomic E-state index is -4.64. The summed E-state index contributed by atoms with van der Waals surface area (Å²) in [6.45, 7) is 0. The van der Waals surface area contributed by atoms with E-state index in [0.717, 1.165) is 0 Å². The van der Waals surface area contributed by atoms with Crippen molar-refractivity contribution >= 4 is 7.82 Å². The van der Waals surface area contributed by atoms with E-state index in [-0.39, 0.29) is 32.4 Å². The summed E-state index contributed by atoms with van der Waals surface area (Å²) in [4.78, 5) is 21.6. The standard InChI is InChI=1S/H3N.H3O4P.Zr/c;1-5(2,3)4;/h1H3;(H3,1,2,3,4);. The summed E-state index contributed by atoms with van der Waals surface area (Å²) < 4.78 is 8.88. The van der Waals surface area contributed by atoms with Gasteiger partial charge in [-0.2, -0.15) is 0 Å². The van der Waals surface area contributed by atoms with Crippen LogP contribution in [0.2, 0.25) is 0 Å². The quantitative estimate of drug-likeness (QED) is 0.389. The van der Waals surface area contributed by atoms with Crippen LogP contribution in [0.1, 0.15) is 0 Å². The zero-order valence-corrected chi connectivity index (χ0v) is 6.76. The van der Waals surface area contributed by atoms with E-state index in [1.807, 2.05) is 0 Å². The average Bonchev–Trinajstić information content (AvgIpc) is 0.722. The van der Waals surface area contributed by atoms with Gasteiger partial charge in [0.15, 0.2) is 0 Å². The smallest absolute Gasteiger partial charge is 0.344 e. The molecule has 0 aliphatic carbocycles. The van der Waals surface area contributed by atoms with Crippen molar-refractivity contribution in [3.8, 4) is 0 Å². The minimum Gasteiger partial charge on any atom is -0.344 e. The summed E-state index contributed by atoms with van der Waals surface area (Å²) in [5, 5.41) is 0. The van der Waals surface area contributed by atoms with Gasteiger partial charge in [-0.1, -0.05) is 0 Å². The first-order valence-electron chi connectivity index (χ1n) is 0.783. The van der Waals surface area contributed by atoms with Crippen molar-refractivity contribution in [1.82, 2.24) is 6.15 Å². The summed E-state index contributed by atoms with van der Waals surface area (Å²) in [6.07, 6.45) is 0. The van der Waals surface area contributed by atoms with Crippen LogP contribution in [0.15, 0.2) is 0 Å². The fourth-order valence-electron chi connectivity index (χ4n) is 0. The van der Waals surface area contributed by atoms with E-state index in [9.17, 15) is 0 Å². The SMILES string of the molecule is N.O=P(O)(O)O.[Zr]. The van der Waals surface area contributed by atoms with Gasteiger partial charge >= 0.3 is 7.82 Å². The zero-order chi connectivity index (χ0) is 4.50. The van der Waals surface area contributed by atoms with E-state index >= 15 is 0 Å². The van der Waals surface area contributed by atoms with Gasteiger partial charge in [-0.3, -0.25) is 0 Å². The van der Waals surface area contributed by atoms with Crippen molar-refractivity contribution in [1.29, 1.82) is 0 Å². The monoisotopic (exact) mass is 205 g/mol. The van der Waals surface area contributed by atoms with Gasteiger partial charge in [0.25, 0.3) is 0 Å². The molecule has 0 saturated heterocycles. The number of hydrogen-bond acceptors (Lipinski definition) is 2. The van der Waals surface area contributed by atoms with Crippen LogP contribution in [0.5, 0.6) is 0 Å². The first-order valence-corrected chi connectivity index (χ1v) is 2.35. The third-order valence-corrected chi connectivity index (χ3v) is 0. The molecule has 0 saturated carbocycles. The van der Waals surface area contributed by atoms with Gasteiger partial charge in [0, 0.05) is 26.2 Å². The van der Waals surface area contributed by atoms with Gasteiger partial charge in [0.1, 0.15) is 0 Å². The molecule has 7 heteroatoms. The molecule has 0 aliphatic rings. The van der Waals surface area contributed by atoms with E-state index in [1.54, 1.807) is 0 Å². The van der Waals surface area contributed by atoms with Crippen LogP contribution in [-0.2, 0) is 30.8 Å². The molecular weight excluding hydrogens is 200 g/mol. The fourth-order valence-corrected chi connectivity index (χ4v) is 0. The molecule has 0 fully saturated rings. The second-order valence-electron chi connectivity index (χ2n) is 0.513. The normalized spacial score (nSPS) is 8.43. The van der Waals surface area contributed by atoms with Gasteiger partial charge in [-0.05, 0) is 0 Å². The molecular formula is H6NO4PZr. The second kappa shape index (κ2) is 5.10. The van der Waals surface area contributed by atoms with Gasteiger partial charge < -0.3 is 20.8 Å². The number of rotatable bonds is 0. The molecule has 5 nitrogen and oxygen atoms in total. The summed E-state index contributed by atoms with van der Waals surface area (Å²) in [6, 6.07) is 0. The molecule has 0 unspecified atom stereocenters. The van der Waals surface area contributed by atoms with Crippen LogP contribution in [0, 0.1) is 0 Å².